The molecular formula is C10H22N2O3S2. The van der Waals surface area contributed by atoms with Gasteiger partial charge in [0.2, 0.25) is 10.0 Å². The Morgan fingerprint density at radius 3 is 2.47 bits per heavy atom. The van der Waals surface area contributed by atoms with E-state index < -0.39 is 15.3 Å². The summed E-state index contributed by atoms with van der Waals surface area (Å²) in [5, 5.41) is -0.839. The zero-order chi connectivity index (χ0) is 13.5. The molecule has 0 aliphatic heterocycles. The summed E-state index contributed by atoms with van der Waals surface area (Å²) in [6, 6.07) is 0. The van der Waals surface area contributed by atoms with Gasteiger partial charge in [0.05, 0.1) is 4.99 Å². The van der Waals surface area contributed by atoms with Gasteiger partial charge in [-0.2, -0.15) is 0 Å². The van der Waals surface area contributed by atoms with Crippen LogP contribution in [0.15, 0.2) is 0 Å². The average Bonchev–Trinajstić information content (AvgIpc) is 2.21. The molecule has 7 heteroatoms. The van der Waals surface area contributed by atoms with Crippen molar-refractivity contribution in [2.75, 3.05) is 19.8 Å². The van der Waals surface area contributed by atoms with Gasteiger partial charge in [0, 0.05) is 19.8 Å². The highest BCUT2D eigenvalue weighted by molar-refractivity contribution is 7.93. The van der Waals surface area contributed by atoms with Crippen LogP contribution < -0.4 is 10.5 Å². The normalized spacial score (nSPS) is 13.9. The molecule has 17 heavy (non-hydrogen) atoms. The maximum absolute atomic E-state index is 11.6. The van der Waals surface area contributed by atoms with E-state index in [0.29, 0.717) is 32.1 Å². The Kier molecular flexibility index (Phi) is 7.85. The van der Waals surface area contributed by atoms with Crippen LogP contribution in [0.3, 0.4) is 0 Å². The molecule has 0 spiro atoms. The van der Waals surface area contributed by atoms with E-state index in [2.05, 4.69) is 30.8 Å². The first kappa shape index (κ1) is 16.8. The molecule has 0 saturated heterocycles. The highest BCUT2D eigenvalue weighted by Crippen LogP contribution is 1.99. The molecule has 0 rings (SSSR count). The third-order valence-electron chi connectivity index (χ3n) is 2.09. The van der Waals surface area contributed by atoms with Crippen molar-refractivity contribution in [1.29, 1.82) is 0 Å². The summed E-state index contributed by atoms with van der Waals surface area (Å²) in [7, 11) is -3.43. The smallest absolute Gasteiger partial charge is 0.220 e. The van der Waals surface area contributed by atoms with E-state index in [1.54, 1.807) is 0 Å². The molecule has 0 saturated carbocycles. The zero-order valence-electron chi connectivity index (χ0n) is 10.6. The first-order valence-corrected chi connectivity index (χ1v) is 7.58. The summed E-state index contributed by atoms with van der Waals surface area (Å²) in [4.78, 5) is -0.0199. The third kappa shape index (κ3) is 7.64. The molecule has 0 amide bonds. The van der Waals surface area contributed by atoms with Gasteiger partial charge in [0.15, 0.2) is 0 Å². The number of ether oxygens (including phenoxy) is 1. The maximum atomic E-state index is 11.6. The Balaban J connectivity index is 3.78. The number of nitrogens with one attached hydrogen (secondary N) is 1. The summed E-state index contributed by atoms with van der Waals surface area (Å²) in [5.74, 6) is 0.487. The van der Waals surface area contributed by atoms with Crippen molar-refractivity contribution in [2.24, 2.45) is 11.7 Å². The summed E-state index contributed by atoms with van der Waals surface area (Å²) >= 11 is 4.65. The summed E-state index contributed by atoms with van der Waals surface area (Å²) < 4.78 is 31.0. The maximum Gasteiger partial charge on any atom is 0.220 e. The van der Waals surface area contributed by atoms with Gasteiger partial charge in [-0.25, -0.2) is 13.1 Å². The van der Waals surface area contributed by atoms with Crippen LogP contribution in [0.2, 0.25) is 0 Å². The van der Waals surface area contributed by atoms with Gasteiger partial charge < -0.3 is 10.5 Å². The molecule has 0 aliphatic carbocycles. The van der Waals surface area contributed by atoms with Gasteiger partial charge in [-0.3, -0.25) is 0 Å². The summed E-state index contributed by atoms with van der Waals surface area (Å²) in [6.07, 6.45) is 0.635. The van der Waals surface area contributed by atoms with Crippen molar-refractivity contribution in [2.45, 2.75) is 32.4 Å². The Hall–Kier alpha value is -0.240. The number of sulfonamides is 1. The van der Waals surface area contributed by atoms with Crippen molar-refractivity contribution in [3.63, 3.8) is 0 Å². The highest BCUT2D eigenvalue weighted by Gasteiger charge is 2.22. The standard InChI is InChI=1S/C10H22N2O3S2/c1-8(2)7-15-6-4-5-12-17(13,14)9(3)10(11)16/h8-9,12H,4-7H2,1-3H3,(H2,11,16). The molecular weight excluding hydrogens is 260 g/mol. The first-order valence-electron chi connectivity index (χ1n) is 5.63. The average molecular weight is 282 g/mol. The van der Waals surface area contributed by atoms with Crippen molar-refractivity contribution < 1.29 is 13.2 Å². The SMILES string of the molecule is CC(C)COCCCNS(=O)(=O)C(C)C(N)=S. The van der Waals surface area contributed by atoms with Crippen molar-refractivity contribution >= 4 is 27.2 Å². The Morgan fingerprint density at radius 1 is 1.41 bits per heavy atom. The van der Waals surface area contributed by atoms with E-state index in [9.17, 15) is 8.42 Å². The lowest BCUT2D eigenvalue weighted by atomic mass is 10.2. The van der Waals surface area contributed by atoms with E-state index in [0.717, 1.165) is 0 Å². The second kappa shape index (κ2) is 7.97. The second-order valence-electron chi connectivity index (χ2n) is 4.31. The minimum Gasteiger partial charge on any atom is -0.392 e. The molecule has 1 atom stereocenters. The van der Waals surface area contributed by atoms with Crippen LogP contribution in [-0.2, 0) is 14.8 Å². The van der Waals surface area contributed by atoms with Gasteiger partial charge in [-0.05, 0) is 19.3 Å². The number of hydrogen-bond acceptors (Lipinski definition) is 4. The Bertz CT molecular complexity index is 328. The van der Waals surface area contributed by atoms with Crippen molar-refractivity contribution in [3.8, 4) is 0 Å². The van der Waals surface area contributed by atoms with Crippen LogP contribution in [0.1, 0.15) is 27.2 Å². The van der Waals surface area contributed by atoms with Gasteiger partial charge in [-0.15, -0.1) is 0 Å². The fraction of sp³-hybridized carbons (Fsp3) is 0.900. The topological polar surface area (TPSA) is 81.4 Å². The number of rotatable bonds is 9. The van der Waals surface area contributed by atoms with Gasteiger partial charge in [-0.1, -0.05) is 26.1 Å². The van der Waals surface area contributed by atoms with Crippen molar-refractivity contribution in [3.05, 3.63) is 0 Å². The number of thiocarbonyl (C=S) groups is 1. The fourth-order valence-electron chi connectivity index (χ4n) is 0.986. The van der Waals surface area contributed by atoms with Crippen LogP contribution in [0.25, 0.3) is 0 Å². The molecule has 3 N–H and O–H groups in total. The largest absolute Gasteiger partial charge is 0.392 e. The second-order valence-corrected chi connectivity index (χ2v) is 6.86. The molecule has 0 aromatic carbocycles. The molecule has 0 aliphatic rings. The molecule has 5 nitrogen and oxygen atoms in total. The van der Waals surface area contributed by atoms with E-state index in [4.69, 9.17) is 10.5 Å². The molecule has 0 radical (unpaired) electrons. The molecule has 0 aromatic heterocycles. The van der Waals surface area contributed by atoms with Crippen LogP contribution in [0.4, 0.5) is 0 Å². The summed E-state index contributed by atoms with van der Waals surface area (Å²) in [5.41, 5.74) is 5.29. The molecule has 102 valence electrons. The zero-order valence-corrected chi connectivity index (χ0v) is 12.2. The number of nitrogens with two attached hydrogens (primary N) is 1. The molecule has 1 unspecified atom stereocenters. The predicted octanol–water partition coefficient (Wildman–Crippen LogP) is 0.643. The quantitative estimate of drug-likeness (QED) is 0.479. The number of hydrogen-bond donors (Lipinski definition) is 2. The fourth-order valence-corrected chi connectivity index (χ4v) is 2.35. The van der Waals surface area contributed by atoms with E-state index >= 15 is 0 Å². The lowest BCUT2D eigenvalue weighted by molar-refractivity contribution is 0.108. The minimum atomic E-state index is -3.43. The van der Waals surface area contributed by atoms with Crippen LogP contribution in [0, 0.1) is 5.92 Å². The lowest BCUT2D eigenvalue weighted by Gasteiger charge is -2.12. The van der Waals surface area contributed by atoms with E-state index in [1.165, 1.54) is 6.92 Å². The van der Waals surface area contributed by atoms with E-state index in [-0.39, 0.29) is 4.99 Å². The lowest BCUT2D eigenvalue weighted by Crippen LogP contribution is -2.40. The monoisotopic (exact) mass is 282 g/mol. The minimum absolute atomic E-state index is 0.0199. The molecule has 0 heterocycles. The third-order valence-corrected chi connectivity index (χ3v) is 4.38. The van der Waals surface area contributed by atoms with Gasteiger partial charge >= 0.3 is 0 Å². The van der Waals surface area contributed by atoms with Gasteiger partial charge in [0.1, 0.15) is 5.25 Å². The van der Waals surface area contributed by atoms with Gasteiger partial charge in [0.25, 0.3) is 0 Å². The Labute approximate surface area is 109 Å². The van der Waals surface area contributed by atoms with Crippen LogP contribution >= 0.6 is 12.2 Å². The van der Waals surface area contributed by atoms with Crippen molar-refractivity contribution in [1.82, 2.24) is 4.72 Å². The predicted molar refractivity (Wildman–Crippen MR) is 73.4 cm³/mol. The van der Waals surface area contributed by atoms with Crippen LogP contribution in [0.5, 0.6) is 0 Å². The Morgan fingerprint density at radius 2 is 2.00 bits per heavy atom. The molecule has 0 bridgehead atoms. The highest BCUT2D eigenvalue weighted by atomic mass is 32.2. The molecule has 0 fully saturated rings. The first-order chi connectivity index (χ1) is 7.77. The molecule has 0 aromatic rings. The van der Waals surface area contributed by atoms with Crippen LogP contribution in [-0.4, -0.2) is 38.4 Å². The van der Waals surface area contributed by atoms with E-state index in [1.807, 2.05) is 0 Å². The summed E-state index contributed by atoms with van der Waals surface area (Å²) in [6.45, 7) is 7.17.